The van der Waals surface area contributed by atoms with Crippen molar-refractivity contribution in [3.63, 3.8) is 0 Å². The largest absolute Gasteiger partial charge is 0.472 e. The number of hydrogen-bond donors (Lipinski definition) is 1. The molecule has 2 aromatic carbocycles. The molecule has 118 valence electrons. The molecule has 0 fully saturated rings. The quantitative estimate of drug-likeness (QED) is 0.774. The zero-order valence-corrected chi connectivity index (χ0v) is 13.7. The Bertz CT molecular complexity index is 911. The standard InChI is InChI=1S/C18H17NO3S/c1-13-3-5-18(6-4-13)23(20,21)19-17-10-14(2)9-16(11-17)15-7-8-22-12-15/h3-12,19H,1-2H3. The number of hydrogen-bond acceptors (Lipinski definition) is 3. The first kappa shape index (κ1) is 15.4. The average Bonchev–Trinajstić information content (AvgIpc) is 3.00. The first-order valence-corrected chi connectivity index (χ1v) is 8.66. The molecule has 0 aliphatic heterocycles. The van der Waals surface area contributed by atoms with E-state index in [4.69, 9.17) is 4.42 Å². The number of aryl methyl sites for hydroxylation is 2. The van der Waals surface area contributed by atoms with Crippen molar-refractivity contribution in [2.45, 2.75) is 18.7 Å². The second-order valence-corrected chi connectivity index (χ2v) is 7.20. The van der Waals surface area contributed by atoms with Crippen LogP contribution in [-0.4, -0.2) is 8.42 Å². The highest BCUT2D eigenvalue weighted by Crippen LogP contribution is 2.26. The van der Waals surface area contributed by atoms with Crippen molar-refractivity contribution in [3.05, 3.63) is 72.2 Å². The Labute approximate surface area is 135 Å². The van der Waals surface area contributed by atoms with Crippen LogP contribution in [0.25, 0.3) is 11.1 Å². The van der Waals surface area contributed by atoms with Crippen LogP contribution in [0.4, 0.5) is 5.69 Å². The second kappa shape index (κ2) is 5.93. The van der Waals surface area contributed by atoms with Crippen molar-refractivity contribution >= 4 is 15.7 Å². The molecule has 1 N–H and O–H groups in total. The van der Waals surface area contributed by atoms with Gasteiger partial charge in [-0.2, -0.15) is 0 Å². The van der Waals surface area contributed by atoms with Gasteiger partial charge in [0.15, 0.2) is 0 Å². The summed E-state index contributed by atoms with van der Waals surface area (Å²) in [4.78, 5) is 0.245. The van der Waals surface area contributed by atoms with Crippen molar-refractivity contribution < 1.29 is 12.8 Å². The highest BCUT2D eigenvalue weighted by molar-refractivity contribution is 7.92. The molecule has 0 spiro atoms. The molecule has 3 aromatic rings. The number of furan rings is 1. The maximum atomic E-state index is 12.5. The SMILES string of the molecule is Cc1ccc(S(=O)(=O)Nc2cc(C)cc(-c3ccoc3)c2)cc1. The van der Waals surface area contributed by atoms with Gasteiger partial charge in [-0.1, -0.05) is 23.8 Å². The first-order chi connectivity index (χ1) is 10.9. The van der Waals surface area contributed by atoms with E-state index in [2.05, 4.69) is 4.72 Å². The molecular weight excluding hydrogens is 310 g/mol. The first-order valence-electron chi connectivity index (χ1n) is 7.18. The number of sulfonamides is 1. The molecular formula is C18H17NO3S. The monoisotopic (exact) mass is 327 g/mol. The number of rotatable bonds is 4. The lowest BCUT2D eigenvalue weighted by atomic mass is 10.1. The zero-order valence-electron chi connectivity index (χ0n) is 12.9. The summed E-state index contributed by atoms with van der Waals surface area (Å²) in [5.74, 6) is 0. The van der Waals surface area contributed by atoms with E-state index in [1.165, 1.54) is 0 Å². The molecule has 0 unspecified atom stereocenters. The van der Waals surface area contributed by atoms with Gasteiger partial charge in [0.25, 0.3) is 10.0 Å². The van der Waals surface area contributed by atoms with E-state index in [9.17, 15) is 8.42 Å². The summed E-state index contributed by atoms with van der Waals surface area (Å²) < 4.78 is 32.7. The van der Waals surface area contributed by atoms with Crippen molar-refractivity contribution in [1.29, 1.82) is 0 Å². The third kappa shape index (κ3) is 3.46. The minimum atomic E-state index is -3.61. The van der Waals surface area contributed by atoms with Crippen molar-refractivity contribution in [2.24, 2.45) is 0 Å². The number of benzene rings is 2. The van der Waals surface area contributed by atoms with E-state index in [-0.39, 0.29) is 4.90 Å². The maximum Gasteiger partial charge on any atom is 0.261 e. The summed E-state index contributed by atoms with van der Waals surface area (Å²) in [5, 5.41) is 0. The van der Waals surface area contributed by atoms with Gasteiger partial charge >= 0.3 is 0 Å². The molecule has 0 aliphatic carbocycles. The molecule has 0 bridgehead atoms. The lowest BCUT2D eigenvalue weighted by Gasteiger charge is -2.11. The van der Waals surface area contributed by atoms with Crippen LogP contribution in [0.15, 0.2) is 70.4 Å². The van der Waals surface area contributed by atoms with E-state index < -0.39 is 10.0 Å². The summed E-state index contributed by atoms with van der Waals surface area (Å²) in [6.07, 6.45) is 3.22. The lowest BCUT2D eigenvalue weighted by molar-refractivity contribution is 0.568. The van der Waals surface area contributed by atoms with Crippen LogP contribution < -0.4 is 4.72 Å². The topological polar surface area (TPSA) is 59.3 Å². The van der Waals surface area contributed by atoms with Gasteiger partial charge in [-0.25, -0.2) is 8.42 Å². The fraction of sp³-hybridized carbons (Fsp3) is 0.111. The van der Waals surface area contributed by atoms with Gasteiger partial charge in [0.2, 0.25) is 0 Å². The highest BCUT2D eigenvalue weighted by atomic mass is 32.2. The summed E-state index contributed by atoms with van der Waals surface area (Å²) in [6, 6.07) is 14.2. The van der Waals surface area contributed by atoms with Crippen LogP contribution in [0.3, 0.4) is 0 Å². The number of anilines is 1. The highest BCUT2D eigenvalue weighted by Gasteiger charge is 2.14. The molecule has 0 aliphatic rings. The Morgan fingerprint density at radius 2 is 1.61 bits per heavy atom. The zero-order chi connectivity index (χ0) is 16.4. The molecule has 3 rings (SSSR count). The van der Waals surface area contributed by atoms with Crippen LogP contribution >= 0.6 is 0 Å². The Morgan fingerprint density at radius 3 is 2.26 bits per heavy atom. The minimum absolute atomic E-state index is 0.245. The van der Waals surface area contributed by atoms with Crippen LogP contribution in [-0.2, 0) is 10.0 Å². The Kier molecular flexibility index (Phi) is 3.96. The van der Waals surface area contributed by atoms with E-state index in [0.717, 1.165) is 22.3 Å². The van der Waals surface area contributed by atoms with E-state index in [1.54, 1.807) is 48.9 Å². The van der Waals surface area contributed by atoms with Gasteiger partial charge < -0.3 is 4.42 Å². The summed E-state index contributed by atoms with van der Waals surface area (Å²) in [7, 11) is -3.61. The normalized spacial score (nSPS) is 11.4. The molecule has 0 saturated carbocycles. The fourth-order valence-corrected chi connectivity index (χ4v) is 3.41. The van der Waals surface area contributed by atoms with Gasteiger partial charge in [-0.3, -0.25) is 4.72 Å². The minimum Gasteiger partial charge on any atom is -0.472 e. The van der Waals surface area contributed by atoms with Gasteiger partial charge in [0, 0.05) is 11.3 Å². The van der Waals surface area contributed by atoms with Crippen LogP contribution in [0.5, 0.6) is 0 Å². The molecule has 5 heteroatoms. The van der Waals surface area contributed by atoms with Crippen molar-refractivity contribution in [3.8, 4) is 11.1 Å². The third-order valence-corrected chi connectivity index (χ3v) is 4.91. The Balaban J connectivity index is 1.95. The molecule has 23 heavy (non-hydrogen) atoms. The van der Waals surface area contributed by atoms with Gasteiger partial charge in [0.05, 0.1) is 17.4 Å². The summed E-state index contributed by atoms with van der Waals surface area (Å²) >= 11 is 0. The lowest BCUT2D eigenvalue weighted by Crippen LogP contribution is -2.13. The fourth-order valence-electron chi connectivity index (χ4n) is 2.37. The van der Waals surface area contributed by atoms with Crippen LogP contribution in [0, 0.1) is 13.8 Å². The van der Waals surface area contributed by atoms with E-state index in [1.807, 2.05) is 26.0 Å². The molecule has 0 atom stereocenters. The Hall–Kier alpha value is -2.53. The van der Waals surface area contributed by atoms with Gasteiger partial charge in [-0.05, 0) is 55.3 Å². The van der Waals surface area contributed by atoms with Crippen LogP contribution in [0.1, 0.15) is 11.1 Å². The summed E-state index contributed by atoms with van der Waals surface area (Å²) in [5.41, 5.74) is 4.32. The third-order valence-electron chi connectivity index (χ3n) is 3.52. The molecule has 1 aromatic heterocycles. The van der Waals surface area contributed by atoms with Gasteiger partial charge in [0.1, 0.15) is 0 Å². The van der Waals surface area contributed by atoms with Gasteiger partial charge in [-0.15, -0.1) is 0 Å². The molecule has 1 heterocycles. The Morgan fingerprint density at radius 1 is 0.870 bits per heavy atom. The maximum absolute atomic E-state index is 12.5. The average molecular weight is 327 g/mol. The van der Waals surface area contributed by atoms with E-state index in [0.29, 0.717) is 5.69 Å². The summed E-state index contributed by atoms with van der Waals surface area (Å²) in [6.45, 7) is 3.84. The van der Waals surface area contributed by atoms with E-state index >= 15 is 0 Å². The molecule has 4 nitrogen and oxygen atoms in total. The number of nitrogens with one attached hydrogen (secondary N) is 1. The smallest absolute Gasteiger partial charge is 0.261 e. The van der Waals surface area contributed by atoms with Crippen molar-refractivity contribution in [2.75, 3.05) is 4.72 Å². The van der Waals surface area contributed by atoms with Crippen molar-refractivity contribution in [1.82, 2.24) is 0 Å². The second-order valence-electron chi connectivity index (χ2n) is 5.52. The molecule has 0 amide bonds. The predicted octanol–water partition coefficient (Wildman–Crippen LogP) is 4.36. The predicted molar refractivity (Wildman–Crippen MR) is 90.9 cm³/mol. The molecule has 0 radical (unpaired) electrons. The van der Waals surface area contributed by atoms with Crippen LogP contribution in [0.2, 0.25) is 0 Å². The molecule has 0 saturated heterocycles.